The van der Waals surface area contributed by atoms with Gasteiger partial charge in [-0.25, -0.2) is 4.79 Å². The topological polar surface area (TPSA) is 144 Å². The van der Waals surface area contributed by atoms with Gasteiger partial charge in [-0.2, -0.15) is 0 Å². The molecule has 0 bridgehead atoms. The Kier molecular flexibility index (Phi) is 10.0. The SMILES string of the molecule is CC1=C2CC3C(CC=C4C[C@@H](O)CCC43C)C2CCC12O[C@@H]1CC(C)CN(CCNC(=S)Nc3ccc(-c4c5ccc(=O)cc-5oc5cc(O)ccc45)c(C(=O)O)c3)C1[C@H]2C. The van der Waals surface area contributed by atoms with Gasteiger partial charge < -0.3 is 35.1 Å². The van der Waals surface area contributed by atoms with Gasteiger partial charge >= 0.3 is 5.97 Å². The van der Waals surface area contributed by atoms with Crippen molar-refractivity contribution in [2.75, 3.05) is 25.0 Å². The molecule has 0 amide bonds. The molecule has 5 N–H and O–H groups in total. The van der Waals surface area contributed by atoms with E-state index >= 15 is 0 Å². The van der Waals surface area contributed by atoms with E-state index in [2.05, 4.69) is 49.3 Å². The Hall–Kier alpha value is -4.55. The average molecular weight is 844 g/mol. The van der Waals surface area contributed by atoms with Crippen LogP contribution in [0, 0.1) is 35.0 Å². The second-order valence-electron chi connectivity index (χ2n) is 19.5. The summed E-state index contributed by atoms with van der Waals surface area (Å²) in [5.41, 5.74) is 6.99. The van der Waals surface area contributed by atoms with Gasteiger partial charge in [0.15, 0.2) is 10.5 Å². The number of carbonyl (C=O) groups is 1. The van der Waals surface area contributed by atoms with Crippen molar-refractivity contribution in [3.8, 4) is 28.2 Å². The first-order valence-corrected chi connectivity index (χ1v) is 22.8. The number of carboxylic acids is 1. The third kappa shape index (κ3) is 6.64. The van der Waals surface area contributed by atoms with Crippen LogP contribution in [-0.4, -0.2) is 74.8 Å². The van der Waals surface area contributed by atoms with Crippen LogP contribution in [0.15, 0.2) is 86.6 Å². The monoisotopic (exact) mass is 843 g/mol. The molecule has 10 rings (SSSR count). The molecule has 61 heavy (non-hydrogen) atoms. The summed E-state index contributed by atoms with van der Waals surface area (Å²) < 4.78 is 13.4. The molecule has 1 spiro atoms. The molecule has 10 nitrogen and oxygen atoms in total. The number of aliphatic hydroxyl groups excluding tert-OH is 1. The van der Waals surface area contributed by atoms with Gasteiger partial charge in [-0.15, -0.1) is 0 Å². The van der Waals surface area contributed by atoms with Crippen molar-refractivity contribution >= 4 is 40.0 Å². The molecule has 7 unspecified atom stereocenters. The molecule has 2 saturated heterocycles. The normalized spacial score (nSPS) is 33.2. The average Bonchev–Trinajstić information content (AvgIpc) is 3.74. The first-order valence-electron chi connectivity index (χ1n) is 22.4. The predicted molar refractivity (Wildman–Crippen MR) is 241 cm³/mol. The number of piperidine rings is 1. The maximum atomic E-state index is 12.8. The second kappa shape index (κ2) is 15.1. The lowest BCUT2D eigenvalue weighted by atomic mass is 9.56. The molecule has 0 radical (unpaired) electrons. The molecular formula is C50H57N3O7S. The molecule has 2 saturated carbocycles. The number of aromatic hydroxyl groups is 1. The van der Waals surface area contributed by atoms with E-state index in [-0.39, 0.29) is 40.0 Å². The number of fused-ring (bicyclic) bond motifs is 8. The van der Waals surface area contributed by atoms with E-state index in [1.807, 2.05) is 0 Å². The van der Waals surface area contributed by atoms with E-state index in [1.54, 1.807) is 35.9 Å². The van der Waals surface area contributed by atoms with Crippen LogP contribution < -0.4 is 16.1 Å². The molecule has 2 aromatic rings. The number of nitrogens with zero attached hydrogens (tertiary/aromatic N) is 1. The van der Waals surface area contributed by atoms with E-state index < -0.39 is 5.97 Å². The van der Waals surface area contributed by atoms with Crippen LogP contribution in [0.4, 0.5) is 5.69 Å². The molecule has 5 aliphatic carbocycles. The molecule has 3 aliphatic heterocycles. The molecule has 0 aromatic heterocycles. The van der Waals surface area contributed by atoms with Gasteiger partial charge in [-0.1, -0.05) is 44.1 Å². The first-order chi connectivity index (χ1) is 29.2. The fraction of sp³-hybridized carbons (Fsp3) is 0.500. The van der Waals surface area contributed by atoms with Gasteiger partial charge in [0.05, 0.1) is 23.4 Å². The lowest BCUT2D eigenvalue weighted by Crippen LogP contribution is -2.54. The summed E-state index contributed by atoms with van der Waals surface area (Å²) in [6, 6.07) is 14.5. The summed E-state index contributed by atoms with van der Waals surface area (Å²) >= 11 is 5.78. The molecular weight excluding hydrogens is 787 g/mol. The van der Waals surface area contributed by atoms with Crippen molar-refractivity contribution in [1.82, 2.24) is 10.2 Å². The summed E-state index contributed by atoms with van der Waals surface area (Å²) in [5.74, 6) is 2.03. The number of thiocarbonyl (C=S) groups is 1. The summed E-state index contributed by atoms with van der Waals surface area (Å²) in [7, 11) is 0. The summed E-state index contributed by atoms with van der Waals surface area (Å²) in [6.45, 7) is 12.1. The number of allylic oxidation sites excluding steroid dienone is 2. The number of phenolic OH excluding ortho intramolecular Hbond substituents is 1. The molecule has 320 valence electrons. The van der Waals surface area contributed by atoms with Crippen molar-refractivity contribution in [2.45, 2.75) is 103 Å². The number of aliphatic hydroxyl groups is 1. The predicted octanol–water partition coefficient (Wildman–Crippen LogP) is 8.98. The van der Waals surface area contributed by atoms with E-state index in [0.717, 1.165) is 51.6 Å². The number of hydrogen-bond acceptors (Lipinski definition) is 8. The van der Waals surface area contributed by atoms with E-state index in [4.69, 9.17) is 21.4 Å². The van der Waals surface area contributed by atoms with Gasteiger partial charge in [0.2, 0.25) is 0 Å². The Morgan fingerprint density at radius 1 is 1.03 bits per heavy atom. The summed E-state index contributed by atoms with van der Waals surface area (Å²) in [5, 5.41) is 38.8. The first kappa shape index (κ1) is 40.5. The Labute approximate surface area is 362 Å². The number of likely N-dealkylation sites (tertiary alicyclic amines) is 1. The van der Waals surface area contributed by atoms with E-state index in [1.165, 1.54) is 48.3 Å². The second-order valence-corrected chi connectivity index (χ2v) is 19.9. The van der Waals surface area contributed by atoms with Gasteiger partial charge in [-0.05, 0) is 147 Å². The minimum Gasteiger partial charge on any atom is -0.508 e. The highest BCUT2D eigenvalue weighted by Crippen LogP contribution is 2.65. The van der Waals surface area contributed by atoms with Gasteiger partial charge in [0, 0.05) is 65.9 Å². The highest BCUT2D eigenvalue weighted by molar-refractivity contribution is 7.80. The number of ether oxygens (including phenoxy) is 1. The Bertz CT molecular complexity index is 2550. The van der Waals surface area contributed by atoms with Crippen molar-refractivity contribution in [2.24, 2.45) is 35.0 Å². The zero-order chi connectivity index (χ0) is 42.5. The molecule has 10 atom stereocenters. The molecule has 11 heteroatoms. The molecule has 8 aliphatic rings. The number of aromatic carboxylic acids is 1. The third-order valence-electron chi connectivity index (χ3n) is 16.2. The smallest absolute Gasteiger partial charge is 0.336 e. The summed E-state index contributed by atoms with van der Waals surface area (Å²) in [6.07, 6.45) is 11.0. The Morgan fingerprint density at radius 2 is 1.85 bits per heavy atom. The Balaban J connectivity index is 0.838. The lowest BCUT2D eigenvalue weighted by molar-refractivity contribution is -0.0646. The standard InChI is InChI=1S/C50H57N3O7S/c1-26-19-44-46(28(3)50(60-44)16-14-34-35-9-5-29-20-33(56)13-15-49(29,4)41(35)24-39(34)27(50)2)53(25-26)18-17-51-48(61)52-30-6-10-36(40(21-30)47(57)58)45-37-11-7-31(54)22-42(37)59-43-23-32(55)8-12-38(43)45/h5-8,10-12,21-23,26,28,33-35,41,44,46,54,56H,9,13-20,24-25H2,1-4H3,(H,57,58)(H2,51,52,61)/t26?,28-,33+,34?,35?,41?,44-,46?,49?,50?/m1/s1. The number of phenols is 1. The third-order valence-corrected chi connectivity index (χ3v) is 16.5. The lowest BCUT2D eigenvalue weighted by Gasteiger charge is -2.49. The maximum Gasteiger partial charge on any atom is 0.336 e. The van der Waals surface area contributed by atoms with Crippen LogP contribution in [-0.2, 0) is 4.74 Å². The Morgan fingerprint density at radius 3 is 2.67 bits per heavy atom. The minimum absolute atomic E-state index is 0.00640. The van der Waals surface area contributed by atoms with Crippen LogP contribution in [0.5, 0.6) is 5.75 Å². The fourth-order valence-corrected chi connectivity index (χ4v) is 13.6. The number of carboxylic acid groups (broad SMARTS) is 1. The molecule has 3 heterocycles. The highest BCUT2D eigenvalue weighted by Gasteiger charge is 2.61. The zero-order valence-electron chi connectivity index (χ0n) is 35.5. The zero-order valence-corrected chi connectivity index (χ0v) is 36.3. The number of benzene rings is 3. The maximum absolute atomic E-state index is 12.8. The van der Waals surface area contributed by atoms with Crippen LogP contribution >= 0.6 is 12.2 Å². The van der Waals surface area contributed by atoms with E-state index in [0.29, 0.717) is 86.4 Å². The summed E-state index contributed by atoms with van der Waals surface area (Å²) in [4.78, 5) is 27.7. The highest BCUT2D eigenvalue weighted by atomic mass is 32.1. The van der Waals surface area contributed by atoms with Gasteiger partial charge in [0.25, 0.3) is 0 Å². The van der Waals surface area contributed by atoms with Crippen molar-refractivity contribution < 1.29 is 29.3 Å². The minimum atomic E-state index is -1.12. The quantitative estimate of drug-likeness (QED) is 0.0721. The van der Waals surface area contributed by atoms with Crippen LogP contribution in [0.3, 0.4) is 0 Å². The number of nitrogens with one attached hydrogen (secondary N) is 2. The van der Waals surface area contributed by atoms with E-state index in [9.17, 15) is 24.9 Å². The number of anilines is 1. The van der Waals surface area contributed by atoms with Gasteiger partial charge in [0.1, 0.15) is 17.1 Å². The molecule has 4 fully saturated rings. The van der Waals surface area contributed by atoms with Crippen LogP contribution in [0.2, 0.25) is 0 Å². The van der Waals surface area contributed by atoms with Crippen LogP contribution in [0.1, 0.15) is 89.4 Å². The van der Waals surface area contributed by atoms with Gasteiger partial charge in [-0.3, -0.25) is 9.69 Å². The van der Waals surface area contributed by atoms with Crippen molar-refractivity contribution in [3.05, 3.63) is 93.2 Å². The fourth-order valence-electron chi connectivity index (χ4n) is 13.4. The number of rotatable bonds is 6. The van der Waals surface area contributed by atoms with Crippen molar-refractivity contribution in [1.29, 1.82) is 0 Å². The van der Waals surface area contributed by atoms with Crippen LogP contribution in [0.25, 0.3) is 33.4 Å². The number of hydrogen-bond donors (Lipinski definition) is 5. The molecule has 2 aromatic carbocycles. The van der Waals surface area contributed by atoms with Crippen molar-refractivity contribution in [3.63, 3.8) is 0 Å². The largest absolute Gasteiger partial charge is 0.508 e.